The zero-order valence-electron chi connectivity index (χ0n) is 15.6. The third-order valence-electron chi connectivity index (χ3n) is 8.99. The molecule has 0 aliphatic heterocycles. The fraction of sp³-hybridized carbons (Fsp3) is 1.00. The summed E-state index contributed by atoms with van der Waals surface area (Å²) in [6, 6.07) is 0. The zero-order chi connectivity index (χ0) is 16.4. The Balaban J connectivity index is 1.65. The maximum Gasteiger partial charge on any atom is 0.0633 e. The van der Waals surface area contributed by atoms with E-state index < -0.39 is 0 Å². The predicted molar refractivity (Wildman–Crippen MR) is 93.1 cm³/mol. The molecule has 4 rings (SSSR count). The van der Waals surface area contributed by atoms with E-state index in [0.29, 0.717) is 22.9 Å². The molecule has 0 saturated heterocycles. The first kappa shape index (κ1) is 16.4. The van der Waals surface area contributed by atoms with Crippen molar-refractivity contribution in [1.29, 1.82) is 0 Å². The molecule has 0 aromatic heterocycles. The summed E-state index contributed by atoms with van der Waals surface area (Å²) < 4.78 is 6.05. The van der Waals surface area contributed by atoms with Crippen LogP contribution in [0.15, 0.2) is 0 Å². The quantitative estimate of drug-likeness (QED) is 0.762. The molecule has 0 bridgehead atoms. The summed E-state index contributed by atoms with van der Waals surface area (Å²) in [6.45, 7) is 7.54. The minimum Gasteiger partial charge on any atom is -0.393 e. The molecule has 0 aromatic rings. The number of aliphatic hydroxyl groups excluding tert-OH is 1. The lowest BCUT2D eigenvalue weighted by molar-refractivity contribution is -0.140. The van der Waals surface area contributed by atoms with E-state index in [2.05, 4.69) is 20.8 Å². The molecule has 1 N–H and O–H groups in total. The Morgan fingerprint density at radius 2 is 1.83 bits per heavy atom. The molecule has 4 fully saturated rings. The summed E-state index contributed by atoms with van der Waals surface area (Å²) in [5, 5.41) is 10.1. The average Bonchev–Trinajstić information content (AvgIpc) is 2.77. The van der Waals surface area contributed by atoms with Gasteiger partial charge in [0.2, 0.25) is 0 Å². The van der Waals surface area contributed by atoms with Gasteiger partial charge in [-0.3, -0.25) is 0 Å². The van der Waals surface area contributed by atoms with Crippen LogP contribution >= 0.6 is 0 Å². The van der Waals surface area contributed by atoms with Gasteiger partial charge in [0.25, 0.3) is 0 Å². The van der Waals surface area contributed by atoms with Gasteiger partial charge in [-0.25, -0.2) is 0 Å². The molecule has 0 spiro atoms. The second-order valence-corrected chi connectivity index (χ2v) is 10.1. The van der Waals surface area contributed by atoms with Crippen LogP contribution in [0.3, 0.4) is 0 Å². The number of fused-ring (bicyclic) bond motifs is 5. The number of methoxy groups -OCH3 is 1. The van der Waals surface area contributed by atoms with Gasteiger partial charge in [0.15, 0.2) is 0 Å². The standard InChI is InChI=1S/C21H36O2/c1-13-12-20(2)9-8-17-16(18(20)19(13)23-4)6-5-14-11-15(22)7-10-21(14,17)3/h13-19,22H,5-12H2,1-4H3/t13?,14-,15-,16+,17-,18+,19+,20+,21-/m1/s1. The van der Waals surface area contributed by atoms with Crippen LogP contribution in [-0.4, -0.2) is 24.4 Å². The summed E-state index contributed by atoms with van der Waals surface area (Å²) in [5.74, 6) is 3.98. The molecule has 132 valence electrons. The Bertz CT molecular complexity index is 463. The molecule has 0 amide bonds. The topological polar surface area (TPSA) is 29.5 Å². The van der Waals surface area contributed by atoms with Crippen molar-refractivity contribution in [2.24, 2.45) is 40.4 Å². The molecule has 2 nitrogen and oxygen atoms in total. The van der Waals surface area contributed by atoms with E-state index >= 15 is 0 Å². The van der Waals surface area contributed by atoms with Gasteiger partial charge < -0.3 is 9.84 Å². The van der Waals surface area contributed by atoms with Crippen molar-refractivity contribution in [3.05, 3.63) is 0 Å². The first-order chi connectivity index (χ1) is 10.9. The molecular weight excluding hydrogens is 284 g/mol. The highest BCUT2D eigenvalue weighted by Crippen LogP contribution is 2.67. The summed E-state index contributed by atoms with van der Waals surface area (Å²) >= 11 is 0. The van der Waals surface area contributed by atoms with Gasteiger partial charge in [-0.05, 0) is 91.8 Å². The minimum absolute atomic E-state index is 0.0308. The number of hydrogen-bond donors (Lipinski definition) is 1. The van der Waals surface area contributed by atoms with Crippen LogP contribution in [0.4, 0.5) is 0 Å². The lowest BCUT2D eigenvalue weighted by Gasteiger charge is -2.60. The van der Waals surface area contributed by atoms with Crippen LogP contribution in [0, 0.1) is 40.4 Å². The van der Waals surface area contributed by atoms with Crippen molar-refractivity contribution in [3.63, 3.8) is 0 Å². The normalized spacial score (nSPS) is 59.1. The van der Waals surface area contributed by atoms with Crippen molar-refractivity contribution in [2.75, 3.05) is 7.11 Å². The Morgan fingerprint density at radius 1 is 1.04 bits per heavy atom. The molecule has 2 heteroatoms. The van der Waals surface area contributed by atoms with Gasteiger partial charge >= 0.3 is 0 Å². The molecule has 23 heavy (non-hydrogen) atoms. The summed E-state index contributed by atoms with van der Waals surface area (Å²) in [5.41, 5.74) is 0.992. The molecular formula is C21H36O2. The number of rotatable bonds is 1. The molecule has 4 aliphatic carbocycles. The molecule has 0 aromatic carbocycles. The SMILES string of the molecule is CO[C@H]1C(C)C[C@]2(C)CC[C@@H]3[C@H](CC[C@@H]4C[C@H](O)CC[C@]43C)[C@@H]12. The van der Waals surface area contributed by atoms with E-state index in [1.165, 1.54) is 38.5 Å². The van der Waals surface area contributed by atoms with Crippen LogP contribution in [0.1, 0.15) is 72.1 Å². The van der Waals surface area contributed by atoms with Crippen LogP contribution in [0.5, 0.6) is 0 Å². The smallest absolute Gasteiger partial charge is 0.0633 e. The fourth-order valence-corrected chi connectivity index (χ4v) is 8.02. The number of hydrogen-bond acceptors (Lipinski definition) is 2. The van der Waals surface area contributed by atoms with Crippen LogP contribution in [0.25, 0.3) is 0 Å². The van der Waals surface area contributed by atoms with Crippen LogP contribution in [-0.2, 0) is 4.74 Å². The second kappa shape index (κ2) is 5.46. The van der Waals surface area contributed by atoms with Gasteiger partial charge in [0.1, 0.15) is 0 Å². The monoisotopic (exact) mass is 320 g/mol. The predicted octanol–water partition coefficient (Wildman–Crippen LogP) is 4.65. The maximum absolute atomic E-state index is 10.1. The molecule has 0 radical (unpaired) electrons. The van der Waals surface area contributed by atoms with E-state index in [1.807, 2.05) is 7.11 Å². The Hall–Kier alpha value is -0.0800. The van der Waals surface area contributed by atoms with E-state index in [-0.39, 0.29) is 6.10 Å². The van der Waals surface area contributed by atoms with Gasteiger partial charge in [0, 0.05) is 7.11 Å². The van der Waals surface area contributed by atoms with Crippen molar-refractivity contribution < 1.29 is 9.84 Å². The third kappa shape index (κ3) is 2.27. The number of aliphatic hydroxyl groups is 1. The number of ether oxygens (including phenoxy) is 1. The van der Waals surface area contributed by atoms with E-state index in [9.17, 15) is 5.11 Å². The van der Waals surface area contributed by atoms with Crippen LogP contribution in [0.2, 0.25) is 0 Å². The summed E-state index contributed by atoms with van der Waals surface area (Å²) in [7, 11) is 1.95. The highest BCUT2D eigenvalue weighted by molar-refractivity contribution is 5.10. The average molecular weight is 321 g/mol. The van der Waals surface area contributed by atoms with E-state index in [0.717, 1.165) is 36.5 Å². The fourth-order valence-electron chi connectivity index (χ4n) is 8.02. The second-order valence-electron chi connectivity index (χ2n) is 10.1. The van der Waals surface area contributed by atoms with Crippen LogP contribution < -0.4 is 0 Å². The van der Waals surface area contributed by atoms with Gasteiger partial charge in [-0.1, -0.05) is 20.8 Å². The maximum atomic E-state index is 10.1. The molecule has 4 aliphatic rings. The molecule has 1 unspecified atom stereocenters. The third-order valence-corrected chi connectivity index (χ3v) is 8.99. The molecule has 0 heterocycles. The van der Waals surface area contributed by atoms with Crippen molar-refractivity contribution >= 4 is 0 Å². The van der Waals surface area contributed by atoms with Gasteiger partial charge in [-0.2, -0.15) is 0 Å². The lowest BCUT2D eigenvalue weighted by Crippen LogP contribution is -2.54. The Morgan fingerprint density at radius 3 is 2.57 bits per heavy atom. The minimum atomic E-state index is -0.0308. The summed E-state index contributed by atoms with van der Waals surface area (Å²) in [6.07, 6.45) is 10.7. The van der Waals surface area contributed by atoms with E-state index in [1.54, 1.807) is 0 Å². The molecule has 9 atom stereocenters. The van der Waals surface area contributed by atoms with Crippen molar-refractivity contribution in [1.82, 2.24) is 0 Å². The van der Waals surface area contributed by atoms with Crippen molar-refractivity contribution in [3.8, 4) is 0 Å². The lowest BCUT2D eigenvalue weighted by atomic mass is 9.45. The summed E-state index contributed by atoms with van der Waals surface area (Å²) in [4.78, 5) is 0. The van der Waals surface area contributed by atoms with Crippen molar-refractivity contribution in [2.45, 2.75) is 84.3 Å². The highest BCUT2D eigenvalue weighted by Gasteiger charge is 2.61. The zero-order valence-corrected chi connectivity index (χ0v) is 15.6. The first-order valence-corrected chi connectivity index (χ1v) is 10.1. The first-order valence-electron chi connectivity index (χ1n) is 10.1. The highest BCUT2D eigenvalue weighted by atomic mass is 16.5. The van der Waals surface area contributed by atoms with Gasteiger partial charge in [0.05, 0.1) is 12.2 Å². The molecule has 4 saturated carbocycles. The van der Waals surface area contributed by atoms with Gasteiger partial charge in [-0.15, -0.1) is 0 Å². The largest absolute Gasteiger partial charge is 0.393 e. The van der Waals surface area contributed by atoms with E-state index in [4.69, 9.17) is 4.74 Å². The Labute approximate surface area is 142 Å². The Kier molecular flexibility index (Phi) is 3.89.